The predicted octanol–water partition coefficient (Wildman–Crippen LogP) is 5.67. The highest BCUT2D eigenvalue weighted by atomic mass is 35.5. The van der Waals surface area contributed by atoms with E-state index in [1.807, 2.05) is 19.9 Å². The van der Waals surface area contributed by atoms with Crippen molar-refractivity contribution in [3.8, 4) is 0 Å². The van der Waals surface area contributed by atoms with E-state index in [1.54, 1.807) is 56.3 Å². The van der Waals surface area contributed by atoms with Gasteiger partial charge < -0.3 is 10.2 Å². The van der Waals surface area contributed by atoms with Crippen molar-refractivity contribution in [1.29, 1.82) is 0 Å². The van der Waals surface area contributed by atoms with Crippen LogP contribution in [0.2, 0.25) is 10.0 Å². The number of aryl methyl sites for hydroxylation is 3. The van der Waals surface area contributed by atoms with Crippen molar-refractivity contribution in [2.45, 2.75) is 51.6 Å². The summed E-state index contributed by atoms with van der Waals surface area (Å²) in [6.45, 7) is 6.90. The molecule has 3 rings (SSSR count). The lowest BCUT2D eigenvalue weighted by molar-refractivity contribution is -0.140. The molecule has 0 aliphatic heterocycles. The van der Waals surface area contributed by atoms with Crippen LogP contribution >= 0.6 is 23.2 Å². The lowest BCUT2D eigenvalue weighted by atomic mass is 10.1. The Morgan fingerprint density at radius 1 is 0.897 bits per heavy atom. The van der Waals surface area contributed by atoms with Crippen LogP contribution in [0.15, 0.2) is 65.6 Å². The molecule has 1 atom stereocenters. The smallest absolute Gasteiger partial charge is 0.264 e. The van der Waals surface area contributed by atoms with E-state index in [0.29, 0.717) is 33.3 Å². The van der Waals surface area contributed by atoms with E-state index in [-0.39, 0.29) is 17.3 Å². The SMILES string of the molecule is CC[C@@H](C(=O)NC)N(Cc1ccc(Cl)c(Cl)c1)C(=O)CN(c1ccc(C)cc1C)S(=O)(=O)c1ccc(C)cc1. The number of nitrogens with zero attached hydrogens (tertiary/aromatic N) is 2. The molecule has 0 radical (unpaired) electrons. The Morgan fingerprint density at radius 3 is 2.10 bits per heavy atom. The quantitative estimate of drug-likeness (QED) is 0.330. The highest BCUT2D eigenvalue weighted by Crippen LogP contribution is 2.29. The third-order valence-electron chi connectivity index (χ3n) is 6.48. The molecule has 0 saturated carbocycles. The van der Waals surface area contributed by atoms with Gasteiger partial charge in [0.25, 0.3) is 10.0 Å². The fraction of sp³-hybridized carbons (Fsp3) is 0.310. The maximum absolute atomic E-state index is 14.0. The summed E-state index contributed by atoms with van der Waals surface area (Å²) < 4.78 is 29.0. The van der Waals surface area contributed by atoms with Crippen LogP contribution in [-0.4, -0.2) is 44.8 Å². The first kappa shape index (κ1) is 30.5. The van der Waals surface area contributed by atoms with Gasteiger partial charge in [-0.2, -0.15) is 0 Å². The van der Waals surface area contributed by atoms with Crippen molar-refractivity contribution in [1.82, 2.24) is 10.2 Å². The first-order valence-electron chi connectivity index (χ1n) is 12.5. The van der Waals surface area contributed by atoms with Crippen LogP contribution in [0.4, 0.5) is 5.69 Å². The summed E-state index contributed by atoms with van der Waals surface area (Å²) in [6.07, 6.45) is 0.320. The second kappa shape index (κ2) is 12.9. The number of halogens is 2. The number of benzene rings is 3. The van der Waals surface area contributed by atoms with E-state index < -0.39 is 28.5 Å². The van der Waals surface area contributed by atoms with Gasteiger partial charge in [0.15, 0.2) is 0 Å². The summed E-state index contributed by atoms with van der Waals surface area (Å²) in [5, 5.41) is 3.28. The normalized spacial score (nSPS) is 12.1. The molecule has 0 heterocycles. The molecule has 0 aliphatic rings. The molecule has 2 amide bonds. The second-order valence-electron chi connectivity index (χ2n) is 9.42. The van der Waals surface area contributed by atoms with Gasteiger partial charge in [-0.05, 0) is 68.7 Å². The monoisotopic (exact) mass is 589 g/mol. The van der Waals surface area contributed by atoms with Gasteiger partial charge in [-0.3, -0.25) is 13.9 Å². The summed E-state index contributed by atoms with van der Waals surface area (Å²) in [7, 11) is -2.63. The highest BCUT2D eigenvalue weighted by molar-refractivity contribution is 7.92. The van der Waals surface area contributed by atoms with Crippen LogP contribution < -0.4 is 9.62 Å². The van der Waals surface area contributed by atoms with Gasteiger partial charge in [0.2, 0.25) is 11.8 Å². The van der Waals surface area contributed by atoms with Gasteiger partial charge in [-0.1, -0.05) is 71.6 Å². The van der Waals surface area contributed by atoms with E-state index in [2.05, 4.69) is 5.32 Å². The van der Waals surface area contributed by atoms with Gasteiger partial charge in [0.05, 0.1) is 20.6 Å². The number of hydrogen-bond donors (Lipinski definition) is 1. The summed E-state index contributed by atoms with van der Waals surface area (Å²) in [4.78, 5) is 28.3. The molecule has 3 aromatic carbocycles. The average molecular weight is 591 g/mol. The van der Waals surface area contributed by atoms with E-state index in [1.165, 1.54) is 24.1 Å². The summed E-state index contributed by atoms with van der Waals surface area (Å²) in [6, 6.07) is 16.0. The minimum Gasteiger partial charge on any atom is -0.357 e. The number of likely N-dealkylation sites (N-methyl/N-ethyl adjacent to an activating group) is 1. The minimum absolute atomic E-state index is 0.0347. The molecule has 39 heavy (non-hydrogen) atoms. The molecule has 0 fully saturated rings. The zero-order chi connectivity index (χ0) is 28.9. The fourth-order valence-electron chi connectivity index (χ4n) is 4.36. The molecule has 0 aromatic heterocycles. The van der Waals surface area contributed by atoms with Gasteiger partial charge in [-0.15, -0.1) is 0 Å². The Hall–Kier alpha value is -3.07. The van der Waals surface area contributed by atoms with Gasteiger partial charge >= 0.3 is 0 Å². The van der Waals surface area contributed by atoms with E-state index in [4.69, 9.17) is 23.2 Å². The summed E-state index contributed by atoms with van der Waals surface area (Å²) >= 11 is 12.3. The Balaban J connectivity index is 2.10. The topological polar surface area (TPSA) is 86.8 Å². The average Bonchev–Trinajstić information content (AvgIpc) is 2.89. The molecule has 10 heteroatoms. The second-order valence-corrected chi connectivity index (χ2v) is 12.1. The highest BCUT2D eigenvalue weighted by Gasteiger charge is 2.34. The standard InChI is InChI=1S/C29H33Cl2N3O4S/c1-6-26(29(36)32-5)33(17-22-10-13-24(30)25(31)16-22)28(35)18-34(27-14-9-20(3)15-21(27)4)39(37,38)23-11-7-19(2)8-12-23/h7-16,26H,6,17-18H2,1-5H3,(H,32,36)/t26-/m0/s1. The zero-order valence-electron chi connectivity index (χ0n) is 22.7. The van der Waals surface area contributed by atoms with E-state index >= 15 is 0 Å². The van der Waals surface area contributed by atoms with E-state index in [9.17, 15) is 18.0 Å². The van der Waals surface area contributed by atoms with Crippen molar-refractivity contribution in [3.05, 3.63) is 93.0 Å². The maximum atomic E-state index is 14.0. The molecule has 0 unspecified atom stereocenters. The molecule has 7 nitrogen and oxygen atoms in total. The van der Waals surface area contributed by atoms with Crippen LogP contribution in [-0.2, 0) is 26.2 Å². The van der Waals surface area contributed by atoms with E-state index in [0.717, 1.165) is 15.4 Å². The summed E-state index contributed by atoms with van der Waals surface area (Å²) in [5.41, 5.74) is 3.61. The predicted molar refractivity (Wildman–Crippen MR) is 157 cm³/mol. The van der Waals surface area contributed by atoms with Crippen LogP contribution in [0.25, 0.3) is 0 Å². The van der Waals surface area contributed by atoms with Crippen molar-refractivity contribution in [2.24, 2.45) is 0 Å². The number of hydrogen-bond acceptors (Lipinski definition) is 4. The third-order valence-corrected chi connectivity index (χ3v) is 8.99. The van der Waals surface area contributed by atoms with Gasteiger partial charge in [-0.25, -0.2) is 8.42 Å². The molecule has 1 N–H and O–H groups in total. The Labute approximate surface area is 240 Å². The largest absolute Gasteiger partial charge is 0.357 e. The molecule has 0 spiro atoms. The Kier molecular flexibility index (Phi) is 10.0. The van der Waals surface area contributed by atoms with Crippen molar-refractivity contribution in [2.75, 3.05) is 17.9 Å². The molecule has 0 bridgehead atoms. The number of nitrogens with one attached hydrogen (secondary N) is 1. The number of amides is 2. The third kappa shape index (κ3) is 7.12. The lowest BCUT2D eigenvalue weighted by Crippen LogP contribution is -2.51. The molecule has 3 aromatic rings. The minimum atomic E-state index is -4.13. The number of rotatable bonds is 10. The molecular weight excluding hydrogens is 557 g/mol. The van der Waals surface area contributed by atoms with Crippen molar-refractivity contribution >= 4 is 50.7 Å². The number of carbonyl (C=O) groups is 2. The van der Waals surface area contributed by atoms with Crippen LogP contribution in [0, 0.1) is 20.8 Å². The molecular formula is C29H33Cl2N3O4S. The van der Waals surface area contributed by atoms with Crippen molar-refractivity contribution in [3.63, 3.8) is 0 Å². The Bertz CT molecular complexity index is 1460. The number of anilines is 1. The molecule has 208 valence electrons. The summed E-state index contributed by atoms with van der Waals surface area (Å²) in [5.74, 6) is -0.891. The van der Waals surface area contributed by atoms with Crippen molar-refractivity contribution < 1.29 is 18.0 Å². The van der Waals surface area contributed by atoms with Crippen LogP contribution in [0.5, 0.6) is 0 Å². The Morgan fingerprint density at radius 2 is 1.54 bits per heavy atom. The molecule has 0 aliphatic carbocycles. The fourth-order valence-corrected chi connectivity index (χ4v) is 6.16. The number of sulfonamides is 1. The lowest BCUT2D eigenvalue weighted by Gasteiger charge is -2.33. The maximum Gasteiger partial charge on any atom is 0.264 e. The van der Waals surface area contributed by atoms with Crippen LogP contribution in [0.3, 0.4) is 0 Å². The van der Waals surface area contributed by atoms with Gasteiger partial charge in [0.1, 0.15) is 12.6 Å². The number of carbonyl (C=O) groups excluding carboxylic acids is 2. The first-order chi connectivity index (χ1) is 18.4. The molecule has 0 saturated heterocycles. The van der Waals surface area contributed by atoms with Gasteiger partial charge in [0, 0.05) is 13.6 Å². The first-order valence-corrected chi connectivity index (χ1v) is 14.7. The zero-order valence-corrected chi connectivity index (χ0v) is 25.0. The van der Waals surface area contributed by atoms with Crippen LogP contribution in [0.1, 0.15) is 35.6 Å².